The summed E-state index contributed by atoms with van der Waals surface area (Å²) < 4.78 is 3.55. The third-order valence-electron chi connectivity index (χ3n) is 5.42. The highest BCUT2D eigenvalue weighted by molar-refractivity contribution is 5.79. The number of nitrogens with zero attached hydrogens (tertiary/aromatic N) is 6. The summed E-state index contributed by atoms with van der Waals surface area (Å²) in [7, 11) is 0. The lowest BCUT2D eigenvalue weighted by atomic mass is 10.1. The van der Waals surface area contributed by atoms with Gasteiger partial charge in [0.15, 0.2) is 5.82 Å². The topological polar surface area (TPSA) is 78.0 Å². The first-order valence-electron chi connectivity index (χ1n) is 9.48. The minimum atomic E-state index is 0.00904. The maximum absolute atomic E-state index is 13.1. The van der Waals surface area contributed by atoms with Crippen molar-refractivity contribution in [2.75, 3.05) is 0 Å². The van der Waals surface area contributed by atoms with Crippen molar-refractivity contribution < 1.29 is 0 Å². The molecule has 7 heteroatoms. The van der Waals surface area contributed by atoms with E-state index in [1.807, 2.05) is 29.0 Å². The number of pyridine rings is 2. The molecule has 0 amide bonds. The molecule has 0 radical (unpaired) electrons. The predicted octanol–water partition coefficient (Wildman–Crippen LogP) is 3.40. The standard InChI is InChI=1S/C20H20N6O/c27-19-16-13-22-20-23-18(14-7-10-21-11-8-14)24-26(20)17(16)9-12-25(19)15-5-3-1-2-4-6-15/h7-13,15H,1-6H2. The van der Waals surface area contributed by atoms with Gasteiger partial charge in [-0.3, -0.25) is 9.78 Å². The van der Waals surface area contributed by atoms with Crippen LogP contribution in [0.1, 0.15) is 44.6 Å². The Morgan fingerprint density at radius 1 is 1.00 bits per heavy atom. The fraction of sp³-hybridized carbons (Fsp3) is 0.350. The molecule has 4 aromatic rings. The number of fused-ring (bicyclic) bond motifs is 3. The van der Waals surface area contributed by atoms with E-state index in [1.165, 1.54) is 25.7 Å². The molecular formula is C20H20N6O. The van der Waals surface area contributed by atoms with Gasteiger partial charge in [0, 0.05) is 36.4 Å². The van der Waals surface area contributed by atoms with E-state index >= 15 is 0 Å². The highest BCUT2D eigenvalue weighted by atomic mass is 16.1. The van der Waals surface area contributed by atoms with E-state index in [4.69, 9.17) is 0 Å². The van der Waals surface area contributed by atoms with Crippen LogP contribution in [0.15, 0.2) is 47.8 Å². The van der Waals surface area contributed by atoms with Gasteiger partial charge in [0.05, 0.1) is 10.9 Å². The van der Waals surface area contributed by atoms with Crippen molar-refractivity contribution in [3.05, 3.63) is 53.3 Å². The molecule has 0 aromatic carbocycles. The van der Waals surface area contributed by atoms with Gasteiger partial charge in [-0.25, -0.2) is 4.98 Å². The van der Waals surface area contributed by atoms with E-state index in [0.717, 1.165) is 23.9 Å². The number of hydrogen-bond acceptors (Lipinski definition) is 5. The molecule has 136 valence electrons. The monoisotopic (exact) mass is 360 g/mol. The van der Waals surface area contributed by atoms with Gasteiger partial charge in [-0.1, -0.05) is 25.7 Å². The SMILES string of the molecule is O=c1c2cnc3nc(-c4ccncc4)nn3c2ccn1C1CCCCCC1. The van der Waals surface area contributed by atoms with Crippen LogP contribution in [0.25, 0.3) is 28.1 Å². The van der Waals surface area contributed by atoms with E-state index in [1.54, 1.807) is 23.1 Å². The van der Waals surface area contributed by atoms with Crippen LogP contribution in [0.3, 0.4) is 0 Å². The van der Waals surface area contributed by atoms with E-state index in [2.05, 4.69) is 20.1 Å². The van der Waals surface area contributed by atoms with Crippen LogP contribution < -0.4 is 5.56 Å². The molecule has 1 saturated carbocycles. The summed E-state index contributed by atoms with van der Waals surface area (Å²) >= 11 is 0. The lowest BCUT2D eigenvalue weighted by Gasteiger charge is -2.18. The molecule has 0 atom stereocenters. The zero-order chi connectivity index (χ0) is 18.2. The van der Waals surface area contributed by atoms with Crippen molar-refractivity contribution in [3.8, 4) is 11.4 Å². The smallest absolute Gasteiger partial charge is 0.261 e. The van der Waals surface area contributed by atoms with Crippen LogP contribution in [0.5, 0.6) is 0 Å². The summed E-state index contributed by atoms with van der Waals surface area (Å²) in [5.74, 6) is 1.06. The van der Waals surface area contributed by atoms with Crippen LogP contribution >= 0.6 is 0 Å². The average molecular weight is 360 g/mol. The van der Waals surface area contributed by atoms with Gasteiger partial charge in [-0.15, -0.1) is 5.10 Å². The van der Waals surface area contributed by atoms with Crippen molar-refractivity contribution in [2.24, 2.45) is 0 Å². The molecule has 1 fully saturated rings. The van der Waals surface area contributed by atoms with Gasteiger partial charge in [0.1, 0.15) is 0 Å². The fourth-order valence-corrected chi connectivity index (χ4v) is 3.98. The molecule has 1 aliphatic carbocycles. The summed E-state index contributed by atoms with van der Waals surface area (Å²) in [6, 6.07) is 5.95. The summed E-state index contributed by atoms with van der Waals surface area (Å²) in [5, 5.41) is 5.16. The van der Waals surface area contributed by atoms with Gasteiger partial charge >= 0.3 is 0 Å². The molecular weight excluding hydrogens is 340 g/mol. The molecule has 7 nitrogen and oxygen atoms in total. The Morgan fingerprint density at radius 3 is 2.56 bits per heavy atom. The molecule has 5 rings (SSSR count). The lowest BCUT2D eigenvalue weighted by Crippen LogP contribution is -2.24. The number of rotatable bonds is 2. The Kier molecular flexibility index (Phi) is 3.92. The Labute approximate surface area is 155 Å². The Hall–Kier alpha value is -3.09. The van der Waals surface area contributed by atoms with Crippen molar-refractivity contribution in [2.45, 2.75) is 44.6 Å². The van der Waals surface area contributed by atoms with Crippen LogP contribution in [0, 0.1) is 0 Å². The second-order valence-corrected chi connectivity index (χ2v) is 7.11. The first-order chi connectivity index (χ1) is 13.3. The predicted molar refractivity (Wildman–Crippen MR) is 103 cm³/mol. The average Bonchev–Trinajstić information content (AvgIpc) is 2.97. The zero-order valence-electron chi connectivity index (χ0n) is 15.0. The minimum absolute atomic E-state index is 0.00904. The Morgan fingerprint density at radius 2 is 1.78 bits per heavy atom. The molecule has 0 unspecified atom stereocenters. The van der Waals surface area contributed by atoms with E-state index in [9.17, 15) is 4.79 Å². The van der Waals surface area contributed by atoms with Gasteiger partial charge in [0.2, 0.25) is 0 Å². The summed E-state index contributed by atoms with van der Waals surface area (Å²) in [4.78, 5) is 26.0. The first-order valence-corrected chi connectivity index (χ1v) is 9.48. The van der Waals surface area contributed by atoms with Gasteiger partial charge < -0.3 is 4.57 Å². The molecule has 0 aliphatic heterocycles. The maximum atomic E-state index is 13.1. The van der Waals surface area contributed by atoms with Gasteiger partial charge in [0.25, 0.3) is 11.3 Å². The van der Waals surface area contributed by atoms with Crippen molar-refractivity contribution >= 4 is 16.7 Å². The molecule has 4 aromatic heterocycles. The van der Waals surface area contributed by atoms with Crippen molar-refractivity contribution in [1.82, 2.24) is 29.1 Å². The van der Waals surface area contributed by atoms with Crippen LogP contribution in [-0.2, 0) is 0 Å². The van der Waals surface area contributed by atoms with Gasteiger partial charge in [-0.05, 0) is 31.0 Å². The molecule has 0 bridgehead atoms. The lowest BCUT2D eigenvalue weighted by molar-refractivity contribution is 0.434. The van der Waals surface area contributed by atoms with Crippen molar-refractivity contribution in [3.63, 3.8) is 0 Å². The Bertz CT molecular complexity index is 1160. The summed E-state index contributed by atoms with van der Waals surface area (Å²) in [6.07, 6.45) is 14.0. The quantitative estimate of drug-likeness (QED) is 0.512. The highest BCUT2D eigenvalue weighted by Crippen LogP contribution is 2.26. The minimum Gasteiger partial charge on any atom is -0.312 e. The van der Waals surface area contributed by atoms with E-state index in [0.29, 0.717) is 17.0 Å². The zero-order valence-corrected chi connectivity index (χ0v) is 15.0. The number of aromatic nitrogens is 6. The molecule has 1 aliphatic rings. The van der Waals surface area contributed by atoms with E-state index in [-0.39, 0.29) is 11.6 Å². The fourth-order valence-electron chi connectivity index (χ4n) is 3.98. The van der Waals surface area contributed by atoms with Crippen LogP contribution in [0.4, 0.5) is 0 Å². The molecule has 0 spiro atoms. The number of hydrogen-bond donors (Lipinski definition) is 0. The summed E-state index contributed by atoms with van der Waals surface area (Å²) in [5.41, 5.74) is 1.62. The molecule has 0 N–H and O–H groups in total. The molecule has 0 saturated heterocycles. The normalized spacial score (nSPS) is 16.0. The van der Waals surface area contributed by atoms with Crippen molar-refractivity contribution in [1.29, 1.82) is 0 Å². The Balaban J connectivity index is 1.65. The largest absolute Gasteiger partial charge is 0.312 e. The third kappa shape index (κ3) is 2.79. The first kappa shape index (κ1) is 16.1. The van der Waals surface area contributed by atoms with Gasteiger partial charge in [-0.2, -0.15) is 9.50 Å². The maximum Gasteiger partial charge on any atom is 0.261 e. The van der Waals surface area contributed by atoms with Crippen LogP contribution in [-0.4, -0.2) is 29.1 Å². The third-order valence-corrected chi connectivity index (χ3v) is 5.42. The second kappa shape index (κ2) is 6.57. The highest BCUT2D eigenvalue weighted by Gasteiger charge is 2.18. The molecule has 4 heterocycles. The summed E-state index contributed by atoms with van der Waals surface area (Å²) in [6.45, 7) is 0. The molecule has 27 heavy (non-hydrogen) atoms. The van der Waals surface area contributed by atoms with Crippen LogP contribution in [0.2, 0.25) is 0 Å². The second-order valence-electron chi connectivity index (χ2n) is 7.11. The van der Waals surface area contributed by atoms with E-state index < -0.39 is 0 Å².